The zero-order valence-electron chi connectivity index (χ0n) is 9.72. The van der Waals surface area contributed by atoms with Gasteiger partial charge >= 0.3 is 0 Å². The largest absolute Gasteiger partial charge is 0.0617 e. The Balaban J connectivity index is 2.45. The monoisotopic (exact) mass is 188 g/mol. The van der Waals surface area contributed by atoms with Crippen LogP contribution in [-0.4, -0.2) is 0 Å². The molecule has 0 heterocycles. The van der Waals surface area contributed by atoms with Crippen molar-refractivity contribution in [1.82, 2.24) is 0 Å². The second kappa shape index (κ2) is 3.12. The van der Waals surface area contributed by atoms with Gasteiger partial charge in [-0.2, -0.15) is 0 Å². The highest BCUT2D eigenvalue weighted by Crippen LogP contribution is 2.45. The van der Waals surface area contributed by atoms with Crippen molar-refractivity contribution in [3.05, 3.63) is 34.9 Å². The number of benzene rings is 1. The lowest BCUT2D eigenvalue weighted by molar-refractivity contribution is 0.319. The summed E-state index contributed by atoms with van der Waals surface area (Å²) in [6.45, 7) is 9.31. The molecule has 0 saturated carbocycles. The van der Waals surface area contributed by atoms with E-state index in [1.165, 1.54) is 18.4 Å². The molecule has 1 atom stereocenters. The summed E-state index contributed by atoms with van der Waals surface area (Å²) in [6, 6.07) is 6.77. The zero-order valence-corrected chi connectivity index (χ0v) is 9.72. The highest BCUT2D eigenvalue weighted by atomic mass is 14.4. The first-order chi connectivity index (χ1) is 6.50. The van der Waals surface area contributed by atoms with Crippen LogP contribution in [0.5, 0.6) is 0 Å². The molecule has 1 aromatic carbocycles. The van der Waals surface area contributed by atoms with Crippen LogP contribution < -0.4 is 0 Å². The first kappa shape index (κ1) is 9.76. The van der Waals surface area contributed by atoms with Crippen LogP contribution in [0.3, 0.4) is 0 Å². The van der Waals surface area contributed by atoms with Crippen molar-refractivity contribution in [3.63, 3.8) is 0 Å². The topological polar surface area (TPSA) is 0 Å². The van der Waals surface area contributed by atoms with Crippen molar-refractivity contribution in [2.75, 3.05) is 0 Å². The van der Waals surface area contributed by atoms with E-state index in [1.54, 1.807) is 11.1 Å². The fraction of sp³-hybridized carbons (Fsp3) is 0.571. The van der Waals surface area contributed by atoms with Crippen LogP contribution >= 0.6 is 0 Å². The van der Waals surface area contributed by atoms with Crippen molar-refractivity contribution < 1.29 is 0 Å². The number of hydrogen-bond donors (Lipinski definition) is 0. The number of hydrogen-bond acceptors (Lipinski definition) is 0. The summed E-state index contributed by atoms with van der Waals surface area (Å²) >= 11 is 0. The molecule has 0 aliphatic heterocycles. The van der Waals surface area contributed by atoms with E-state index < -0.39 is 0 Å². The van der Waals surface area contributed by atoms with Gasteiger partial charge in [0, 0.05) is 0 Å². The van der Waals surface area contributed by atoms with Gasteiger partial charge < -0.3 is 0 Å². The third-order valence-electron chi connectivity index (χ3n) is 3.55. The number of fused-ring (bicyclic) bond motifs is 1. The minimum atomic E-state index is 0.416. The molecule has 1 aliphatic rings. The molecule has 0 nitrogen and oxygen atoms in total. The van der Waals surface area contributed by atoms with Gasteiger partial charge in [0.05, 0.1) is 0 Å². The molecule has 0 spiro atoms. The Morgan fingerprint density at radius 1 is 1.21 bits per heavy atom. The van der Waals surface area contributed by atoms with Crippen molar-refractivity contribution in [2.24, 2.45) is 5.41 Å². The van der Waals surface area contributed by atoms with Gasteiger partial charge in [0.15, 0.2) is 0 Å². The first-order valence-corrected chi connectivity index (χ1v) is 5.58. The van der Waals surface area contributed by atoms with Gasteiger partial charge in [-0.05, 0) is 47.8 Å². The molecule has 1 aliphatic carbocycles. The van der Waals surface area contributed by atoms with E-state index >= 15 is 0 Å². The summed E-state index contributed by atoms with van der Waals surface area (Å²) in [5.41, 5.74) is 5.12. The highest BCUT2D eigenvalue weighted by Gasteiger charge is 2.32. The fourth-order valence-electron chi connectivity index (χ4n) is 2.74. The maximum Gasteiger partial charge on any atom is -0.0107 e. The summed E-state index contributed by atoms with van der Waals surface area (Å²) < 4.78 is 0. The molecule has 14 heavy (non-hydrogen) atoms. The summed E-state index contributed by atoms with van der Waals surface area (Å²) in [5, 5.41) is 0. The Hall–Kier alpha value is -0.780. The third kappa shape index (κ3) is 1.47. The van der Waals surface area contributed by atoms with E-state index in [0.29, 0.717) is 5.41 Å². The second-order valence-corrected chi connectivity index (χ2v) is 5.60. The SMILES string of the molecule is Cc1cccc2c1CC[C@H]2C(C)(C)C. The van der Waals surface area contributed by atoms with Crippen molar-refractivity contribution in [2.45, 2.75) is 46.5 Å². The van der Waals surface area contributed by atoms with Crippen molar-refractivity contribution in [1.29, 1.82) is 0 Å². The predicted octanol–water partition coefficient (Wildman–Crippen LogP) is 4.07. The lowest BCUT2D eigenvalue weighted by atomic mass is 9.77. The van der Waals surface area contributed by atoms with Gasteiger partial charge in [0.1, 0.15) is 0 Å². The minimum Gasteiger partial charge on any atom is -0.0617 e. The Labute approximate surface area is 87.3 Å². The standard InChI is InChI=1S/C14H20/c1-10-6-5-7-12-11(10)8-9-13(12)14(2,3)4/h5-7,13H,8-9H2,1-4H3/t13-/m1/s1. The lowest BCUT2D eigenvalue weighted by Gasteiger charge is -2.27. The van der Waals surface area contributed by atoms with Crippen LogP contribution in [0.25, 0.3) is 0 Å². The van der Waals surface area contributed by atoms with Crippen LogP contribution in [0.1, 0.15) is 49.8 Å². The molecule has 0 fully saturated rings. The average molecular weight is 188 g/mol. The molecular formula is C14H20. The quantitative estimate of drug-likeness (QED) is 0.575. The minimum absolute atomic E-state index is 0.416. The molecule has 0 amide bonds. The van der Waals surface area contributed by atoms with Gasteiger partial charge in [-0.15, -0.1) is 0 Å². The molecule has 0 heteroatoms. The van der Waals surface area contributed by atoms with Crippen molar-refractivity contribution in [3.8, 4) is 0 Å². The lowest BCUT2D eigenvalue weighted by Crippen LogP contribution is -2.15. The maximum absolute atomic E-state index is 2.36. The van der Waals surface area contributed by atoms with E-state index in [4.69, 9.17) is 0 Å². The van der Waals surface area contributed by atoms with E-state index in [1.807, 2.05) is 0 Å². The summed E-state index contributed by atoms with van der Waals surface area (Å²) in [7, 11) is 0. The summed E-state index contributed by atoms with van der Waals surface area (Å²) in [4.78, 5) is 0. The van der Waals surface area contributed by atoms with Crippen LogP contribution in [0.15, 0.2) is 18.2 Å². The summed E-state index contributed by atoms with van der Waals surface area (Å²) in [5.74, 6) is 0.761. The average Bonchev–Trinajstić information content (AvgIpc) is 2.47. The summed E-state index contributed by atoms with van der Waals surface area (Å²) in [6.07, 6.45) is 2.62. The maximum atomic E-state index is 2.36. The van der Waals surface area contributed by atoms with E-state index in [2.05, 4.69) is 45.9 Å². The molecule has 0 unspecified atom stereocenters. The smallest absolute Gasteiger partial charge is 0.0107 e. The van der Waals surface area contributed by atoms with Gasteiger partial charge in [-0.1, -0.05) is 39.0 Å². The number of rotatable bonds is 0. The molecule has 76 valence electrons. The molecule has 0 aromatic heterocycles. The van der Waals surface area contributed by atoms with E-state index in [-0.39, 0.29) is 0 Å². The Bertz CT molecular complexity index is 342. The molecular weight excluding hydrogens is 168 g/mol. The van der Waals surface area contributed by atoms with Crippen molar-refractivity contribution >= 4 is 0 Å². The number of aryl methyl sites for hydroxylation is 1. The second-order valence-electron chi connectivity index (χ2n) is 5.60. The van der Waals surface area contributed by atoms with Crippen LogP contribution in [0.2, 0.25) is 0 Å². The molecule has 0 N–H and O–H groups in total. The predicted molar refractivity (Wildman–Crippen MR) is 61.7 cm³/mol. The van der Waals surface area contributed by atoms with Gasteiger partial charge in [-0.3, -0.25) is 0 Å². The third-order valence-corrected chi connectivity index (χ3v) is 3.55. The zero-order chi connectivity index (χ0) is 10.3. The van der Waals surface area contributed by atoms with Gasteiger partial charge in [0.25, 0.3) is 0 Å². The van der Waals surface area contributed by atoms with Crippen LogP contribution in [-0.2, 0) is 6.42 Å². The Morgan fingerprint density at radius 2 is 1.93 bits per heavy atom. The highest BCUT2D eigenvalue weighted by molar-refractivity contribution is 5.41. The molecule has 0 saturated heterocycles. The molecule has 2 rings (SSSR count). The molecule has 0 bridgehead atoms. The normalized spacial score (nSPS) is 21.0. The van der Waals surface area contributed by atoms with E-state index in [0.717, 1.165) is 5.92 Å². The first-order valence-electron chi connectivity index (χ1n) is 5.58. The Morgan fingerprint density at radius 3 is 2.57 bits per heavy atom. The van der Waals surface area contributed by atoms with Gasteiger partial charge in [-0.25, -0.2) is 0 Å². The Kier molecular flexibility index (Phi) is 2.17. The van der Waals surface area contributed by atoms with E-state index in [9.17, 15) is 0 Å². The van der Waals surface area contributed by atoms with Crippen LogP contribution in [0.4, 0.5) is 0 Å². The fourth-order valence-corrected chi connectivity index (χ4v) is 2.74. The van der Waals surface area contributed by atoms with Crippen LogP contribution in [0, 0.1) is 12.3 Å². The molecule has 1 aromatic rings. The molecule has 0 radical (unpaired) electrons. The van der Waals surface area contributed by atoms with Gasteiger partial charge in [0.2, 0.25) is 0 Å².